The van der Waals surface area contributed by atoms with Crippen molar-refractivity contribution in [1.82, 2.24) is 10.2 Å². The van der Waals surface area contributed by atoms with Crippen LogP contribution < -0.4 is 5.32 Å². The van der Waals surface area contributed by atoms with E-state index in [9.17, 15) is 9.90 Å². The van der Waals surface area contributed by atoms with E-state index >= 15 is 0 Å². The van der Waals surface area contributed by atoms with Crippen molar-refractivity contribution in [2.45, 2.75) is 31.8 Å². The molecule has 0 radical (unpaired) electrons. The summed E-state index contributed by atoms with van der Waals surface area (Å²) in [4.78, 5) is 14.6. The summed E-state index contributed by atoms with van der Waals surface area (Å²) in [6.45, 7) is 3.42. The molecule has 0 bridgehead atoms. The summed E-state index contributed by atoms with van der Waals surface area (Å²) >= 11 is 5.90. The highest BCUT2D eigenvalue weighted by Gasteiger charge is 2.31. The van der Waals surface area contributed by atoms with Crippen LogP contribution in [0.25, 0.3) is 0 Å². The van der Waals surface area contributed by atoms with Crippen LogP contribution in [0.15, 0.2) is 24.3 Å². The largest absolute Gasteiger partial charge is 0.388 e. The number of halogens is 1. The van der Waals surface area contributed by atoms with Crippen molar-refractivity contribution in [1.29, 1.82) is 0 Å². The Hall–Kier alpha value is -1.10. The zero-order chi connectivity index (χ0) is 16.2. The monoisotopic (exact) mass is 336 g/mol. The normalized spacial score (nSPS) is 22.1. The minimum absolute atomic E-state index is 0.189. The summed E-state index contributed by atoms with van der Waals surface area (Å²) < 4.78 is 0. The predicted octanol–water partition coefficient (Wildman–Crippen LogP) is 2.61. The van der Waals surface area contributed by atoms with Gasteiger partial charge in [-0.05, 0) is 62.4 Å². The fourth-order valence-corrected chi connectivity index (χ4v) is 3.82. The van der Waals surface area contributed by atoms with E-state index in [1.807, 2.05) is 29.2 Å². The van der Waals surface area contributed by atoms with Crippen molar-refractivity contribution in [3.63, 3.8) is 0 Å². The van der Waals surface area contributed by atoms with Gasteiger partial charge < -0.3 is 15.3 Å². The molecule has 2 aliphatic rings. The van der Waals surface area contributed by atoms with Gasteiger partial charge in [0.15, 0.2) is 0 Å². The van der Waals surface area contributed by atoms with Gasteiger partial charge in [0.2, 0.25) is 5.91 Å². The van der Waals surface area contributed by atoms with Crippen molar-refractivity contribution in [2.24, 2.45) is 11.8 Å². The maximum atomic E-state index is 12.6. The van der Waals surface area contributed by atoms with E-state index in [0.29, 0.717) is 10.9 Å². The van der Waals surface area contributed by atoms with Crippen LogP contribution in [0.2, 0.25) is 5.02 Å². The van der Waals surface area contributed by atoms with Crippen LogP contribution >= 0.6 is 11.6 Å². The summed E-state index contributed by atoms with van der Waals surface area (Å²) in [5.74, 6) is 0.716. The Morgan fingerprint density at radius 1 is 1.13 bits per heavy atom. The maximum absolute atomic E-state index is 12.6. The fraction of sp³-hybridized carbons (Fsp3) is 0.611. The first-order valence-corrected chi connectivity index (χ1v) is 8.96. The quantitative estimate of drug-likeness (QED) is 0.892. The first-order chi connectivity index (χ1) is 11.1. The van der Waals surface area contributed by atoms with Crippen LogP contribution in [-0.4, -0.2) is 42.1 Å². The minimum atomic E-state index is -0.469. The number of nitrogens with zero attached hydrogens (tertiary/aromatic N) is 1. The van der Waals surface area contributed by atoms with Crippen LogP contribution in [0.5, 0.6) is 0 Å². The second-order valence-corrected chi connectivity index (χ2v) is 7.12. The summed E-state index contributed by atoms with van der Waals surface area (Å²) in [7, 11) is 0. The molecule has 0 saturated carbocycles. The molecular weight excluding hydrogens is 312 g/mol. The molecule has 0 spiro atoms. The molecule has 5 heteroatoms. The highest BCUT2D eigenvalue weighted by molar-refractivity contribution is 6.30. The van der Waals surface area contributed by atoms with Gasteiger partial charge in [-0.1, -0.05) is 23.7 Å². The number of nitrogens with one attached hydrogen (secondary N) is 1. The summed E-state index contributed by atoms with van der Waals surface area (Å²) in [6, 6.07) is 7.41. The number of piperidine rings is 2. The van der Waals surface area contributed by atoms with Gasteiger partial charge in [0.1, 0.15) is 0 Å². The SMILES string of the molecule is O=C(C1CCNCC1)N1CCC([C@@H](O)c2ccc(Cl)cc2)CC1. The first-order valence-electron chi connectivity index (χ1n) is 8.58. The number of carbonyl (C=O) groups excluding carboxylic acids is 1. The molecule has 0 aromatic heterocycles. The third kappa shape index (κ3) is 4.06. The second-order valence-electron chi connectivity index (χ2n) is 6.68. The number of amides is 1. The first kappa shape index (κ1) is 16.7. The molecule has 23 heavy (non-hydrogen) atoms. The van der Waals surface area contributed by atoms with Gasteiger partial charge in [0.25, 0.3) is 0 Å². The molecule has 126 valence electrons. The van der Waals surface area contributed by atoms with Crippen LogP contribution in [0.1, 0.15) is 37.4 Å². The Morgan fingerprint density at radius 3 is 2.35 bits per heavy atom. The number of hydrogen-bond acceptors (Lipinski definition) is 3. The van der Waals surface area contributed by atoms with Gasteiger partial charge in [0, 0.05) is 24.0 Å². The molecule has 2 fully saturated rings. The second kappa shape index (κ2) is 7.65. The molecule has 3 rings (SSSR count). The van der Waals surface area contributed by atoms with Crippen molar-refractivity contribution in [3.8, 4) is 0 Å². The lowest BCUT2D eigenvalue weighted by Crippen LogP contribution is -2.45. The van der Waals surface area contributed by atoms with Crippen molar-refractivity contribution >= 4 is 17.5 Å². The van der Waals surface area contributed by atoms with E-state index < -0.39 is 6.10 Å². The van der Waals surface area contributed by atoms with Crippen LogP contribution in [-0.2, 0) is 4.79 Å². The lowest BCUT2D eigenvalue weighted by atomic mass is 9.86. The predicted molar refractivity (Wildman–Crippen MR) is 91.3 cm³/mol. The molecule has 0 unspecified atom stereocenters. The molecular formula is C18H25ClN2O2. The minimum Gasteiger partial charge on any atom is -0.388 e. The molecule has 1 atom stereocenters. The number of carbonyl (C=O) groups is 1. The van der Waals surface area contributed by atoms with Gasteiger partial charge >= 0.3 is 0 Å². The van der Waals surface area contributed by atoms with Crippen molar-refractivity contribution in [3.05, 3.63) is 34.9 Å². The van der Waals surface area contributed by atoms with Crippen molar-refractivity contribution in [2.75, 3.05) is 26.2 Å². The van der Waals surface area contributed by atoms with E-state index in [1.54, 1.807) is 0 Å². The average molecular weight is 337 g/mol. The summed E-state index contributed by atoms with van der Waals surface area (Å²) in [6.07, 6.45) is 3.16. The topological polar surface area (TPSA) is 52.6 Å². The summed E-state index contributed by atoms with van der Waals surface area (Å²) in [5, 5.41) is 14.5. The molecule has 2 aliphatic heterocycles. The third-order valence-corrected chi connectivity index (χ3v) is 5.45. The number of hydrogen-bond donors (Lipinski definition) is 2. The number of aliphatic hydroxyl groups is 1. The molecule has 2 saturated heterocycles. The molecule has 2 heterocycles. The van der Waals surface area contributed by atoms with Gasteiger partial charge in [-0.3, -0.25) is 4.79 Å². The van der Waals surface area contributed by atoms with Crippen LogP contribution in [0.3, 0.4) is 0 Å². The number of likely N-dealkylation sites (tertiary alicyclic amines) is 1. The van der Waals surface area contributed by atoms with E-state index in [4.69, 9.17) is 11.6 Å². The molecule has 4 nitrogen and oxygen atoms in total. The van der Waals surface area contributed by atoms with Crippen LogP contribution in [0, 0.1) is 11.8 Å². The standard InChI is InChI=1S/C18H25ClN2O2/c19-16-3-1-13(2-4-16)17(22)14-7-11-21(12-8-14)18(23)15-5-9-20-10-6-15/h1-4,14-15,17,20,22H,5-12H2/t17-/m0/s1. The van der Waals surface area contributed by atoms with Crippen LogP contribution in [0.4, 0.5) is 0 Å². The molecule has 1 aromatic carbocycles. The Morgan fingerprint density at radius 2 is 1.74 bits per heavy atom. The van der Waals surface area contributed by atoms with E-state index in [0.717, 1.165) is 57.4 Å². The van der Waals surface area contributed by atoms with Gasteiger partial charge in [-0.25, -0.2) is 0 Å². The maximum Gasteiger partial charge on any atom is 0.225 e. The number of rotatable bonds is 3. The third-order valence-electron chi connectivity index (χ3n) is 5.20. The van der Waals surface area contributed by atoms with E-state index in [2.05, 4.69) is 5.32 Å². The Labute approximate surface area is 142 Å². The van der Waals surface area contributed by atoms with Gasteiger partial charge in [-0.2, -0.15) is 0 Å². The molecule has 2 N–H and O–H groups in total. The van der Waals surface area contributed by atoms with Crippen molar-refractivity contribution < 1.29 is 9.90 Å². The summed E-state index contributed by atoms with van der Waals surface area (Å²) in [5.41, 5.74) is 0.914. The van der Waals surface area contributed by atoms with E-state index in [-0.39, 0.29) is 11.8 Å². The van der Waals surface area contributed by atoms with Gasteiger partial charge in [-0.15, -0.1) is 0 Å². The smallest absolute Gasteiger partial charge is 0.225 e. The lowest BCUT2D eigenvalue weighted by Gasteiger charge is -2.37. The zero-order valence-electron chi connectivity index (χ0n) is 13.4. The highest BCUT2D eigenvalue weighted by Crippen LogP contribution is 2.32. The average Bonchev–Trinajstić information content (AvgIpc) is 2.62. The van der Waals surface area contributed by atoms with Gasteiger partial charge in [0.05, 0.1) is 6.10 Å². The van der Waals surface area contributed by atoms with E-state index in [1.165, 1.54) is 0 Å². The Balaban J connectivity index is 1.53. The zero-order valence-corrected chi connectivity index (χ0v) is 14.1. The number of aliphatic hydroxyl groups excluding tert-OH is 1. The lowest BCUT2D eigenvalue weighted by molar-refractivity contribution is -0.138. The molecule has 1 aromatic rings. The molecule has 0 aliphatic carbocycles. The number of benzene rings is 1. The fourth-order valence-electron chi connectivity index (χ4n) is 3.69. The Kier molecular flexibility index (Phi) is 5.57. The Bertz CT molecular complexity index is 520. The molecule has 1 amide bonds. The highest BCUT2D eigenvalue weighted by atomic mass is 35.5.